The Balaban J connectivity index is 2.20. The van der Waals surface area contributed by atoms with E-state index in [9.17, 15) is 20.4 Å². The highest BCUT2D eigenvalue weighted by atomic mass is 35.5. The first-order chi connectivity index (χ1) is 11.3. The fourth-order valence-electron chi connectivity index (χ4n) is 2.82. The smallest absolute Gasteiger partial charge is 0.214 e. The summed E-state index contributed by atoms with van der Waals surface area (Å²) in [6, 6.07) is 0. The number of aliphatic hydroxyl groups is 4. The van der Waals surface area contributed by atoms with Crippen molar-refractivity contribution in [2.75, 3.05) is 25.5 Å². The van der Waals surface area contributed by atoms with Crippen LogP contribution in [0.2, 0.25) is 0 Å². The van der Waals surface area contributed by atoms with Gasteiger partial charge in [-0.2, -0.15) is 0 Å². The molecule has 2 saturated heterocycles. The second-order valence-corrected chi connectivity index (χ2v) is 6.75. The summed E-state index contributed by atoms with van der Waals surface area (Å²) in [5.74, 6) is -2.08. The SMILES string of the molecule is CO[C@@H]1[C@@H](CCl)O[C@@](CCl)(O[C@H]2O[C@H](CO)[C@H](Cl)[C@H](O)[C@H]2O)[C@H]1O. The highest BCUT2D eigenvalue weighted by molar-refractivity contribution is 6.21. The Labute approximate surface area is 154 Å². The largest absolute Gasteiger partial charge is 0.394 e. The quantitative estimate of drug-likeness (QED) is 0.411. The Morgan fingerprint density at radius 2 is 1.79 bits per heavy atom. The second kappa shape index (κ2) is 8.49. The number of rotatable bonds is 6. The summed E-state index contributed by atoms with van der Waals surface area (Å²) in [5, 5.41) is 38.8. The predicted octanol–water partition coefficient (Wildman–Crippen LogP) is -1.00. The van der Waals surface area contributed by atoms with Crippen LogP contribution in [0.4, 0.5) is 0 Å². The van der Waals surface area contributed by atoms with E-state index in [0.29, 0.717) is 0 Å². The van der Waals surface area contributed by atoms with Crippen molar-refractivity contribution in [2.45, 2.75) is 54.1 Å². The molecule has 0 aromatic rings. The van der Waals surface area contributed by atoms with E-state index in [1.165, 1.54) is 7.11 Å². The van der Waals surface area contributed by atoms with E-state index >= 15 is 0 Å². The van der Waals surface area contributed by atoms with Gasteiger partial charge in [-0.25, -0.2) is 0 Å². The van der Waals surface area contributed by atoms with Crippen LogP contribution >= 0.6 is 34.8 Å². The van der Waals surface area contributed by atoms with Gasteiger partial charge in [0.1, 0.15) is 36.6 Å². The zero-order valence-electron chi connectivity index (χ0n) is 12.8. The number of hydrogen-bond acceptors (Lipinski definition) is 8. The minimum atomic E-state index is -1.77. The topological polar surface area (TPSA) is 118 Å². The van der Waals surface area contributed by atoms with Crippen LogP contribution in [0.3, 0.4) is 0 Å². The zero-order valence-corrected chi connectivity index (χ0v) is 15.1. The average Bonchev–Trinajstić information content (AvgIpc) is 2.87. The Hall–Kier alpha value is 0.550. The fourth-order valence-corrected chi connectivity index (χ4v) is 3.63. The van der Waals surface area contributed by atoms with Gasteiger partial charge >= 0.3 is 0 Å². The van der Waals surface area contributed by atoms with Crippen LogP contribution in [0.5, 0.6) is 0 Å². The van der Waals surface area contributed by atoms with Crippen molar-refractivity contribution in [1.82, 2.24) is 0 Å². The number of methoxy groups -OCH3 is 1. The average molecular weight is 412 g/mol. The Kier molecular flexibility index (Phi) is 7.38. The van der Waals surface area contributed by atoms with Crippen molar-refractivity contribution < 1.29 is 39.4 Å². The van der Waals surface area contributed by atoms with E-state index in [2.05, 4.69) is 0 Å². The molecule has 142 valence electrons. The molecule has 0 spiro atoms. The van der Waals surface area contributed by atoms with E-state index in [-0.39, 0.29) is 11.8 Å². The highest BCUT2D eigenvalue weighted by Crippen LogP contribution is 2.38. The first-order valence-electron chi connectivity index (χ1n) is 7.30. The summed E-state index contributed by atoms with van der Waals surface area (Å²) >= 11 is 17.6. The maximum atomic E-state index is 10.5. The van der Waals surface area contributed by atoms with Crippen molar-refractivity contribution >= 4 is 34.8 Å². The van der Waals surface area contributed by atoms with Crippen molar-refractivity contribution in [3.8, 4) is 0 Å². The molecule has 0 amide bonds. The van der Waals surface area contributed by atoms with Gasteiger partial charge in [0.15, 0.2) is 6.29 Å². The molecule has 0 radical (unpaired) electrons. The molecule has 4 N–H and O–H groups in total. The molecule has 0 bridgehead atoms. The minimum Gasteiger partial charge on any atom is -0.394 e. The maximum absolute atomic E-state index is 10.5. The summed E-state index contributed by atoms with van der Waals surface area (Å²) in [7, 11) is 1.37. The molecule has 0 unspecified atom stereocenters. The van der Waals surface area contributed by atoms with Gasteiger partial charge in [-0.15, -0.1) is 34.8 Å². The van der Waals surface area contributed by atoms with Crippen LogP contribution in [0.15, 0.2) is 0 Å². The van der Waals surface area contributed by atoms with Crippen molar-refractivity contribution in [3.63, 3.8) is 0 Å². The number of hydrogen-bond donors (Lipinski definition) is 4. The lowest BCUT2D eigenvalue weighted by Crippen LogP contribution is -2.61. The van der Waals surface area contributed by atoms with Crippen LogP contribution in [-0.4, -0.2) is 100.0 Å². The van der Waals surface area contributed by atoms with Crippen LogP contribution < -0.4 is 0 Å². The van der Waals surface area contributed by atoms with Gasteiger partial charge in [0.05, 0.1) is 23.7 Å². The normalized spacial score (nSPS) is 49.5. The molecule has 9 atom stereocenters. The third-order valence-corrected chi connectivity index (χ3v) is 5.42. The third-order valence-electron chi connectivity index (χ3n) is 4.20. The summed E-state index contributed by atoms with van der Waals surface area (Å²) < 4.78 is 21.7. The predicted molar refractivity (Wildman–Crippen MR) is 84.3 cm³/mol. The van der Waals surface area contributed by atoms with Gasteiger partial charge < -0.3 is 39.4 Å². The third kappa shape index (κ3) is 3.65. The number of aliphatic hydroxyl groups excluding tert-OH is 4. The molecule has 24 heavy (non-hydrogen) atoms. The van der Waals surface area contributed by atoms with E-state index in [0.717, 1.165) is 0 Å². The molecule has 2 aliphatic rings. The van der Waals surface area contributed by atoms with Crippen LogP contribution in [0.1, 0.15) is 0 Å². The number of alkyl halides is 3. The Morgan fingerprint density at radius 3 is 2.25 bits per heavy atom. The van der Waals surface area contributed by atoms with Crippen molar-refractivity contribution in [2.24, 2.45) is 0 Å². The molecule has 8 nitrogen and oxygen atoms in total. The fraction of sp³-hybridized carbons (Fsp3) is 1.00. The standard InChI is InChI=1S/C13H21Cl3O8/c1-21-10-5(2-14)23-13(4-15,11(10)20)24-12-9(19)8(18)7(16)6(3-17)22-12/h5-12,17-20H,2-4H2,1H3/t5-,6-,7+,8+,9-,10-,11+,12-,13+/m1/s1. The number of halogens is 3. The van der Waals surface area contributed by atoms with E-state index in [4.69, 9.17) is 53.8 Å². The van der Waals surface area contributed by atoms with Gasteiger partial charge in [-0.3, -0.25) is 0 Å². The summed E-state index contributed by atoms with van der Waals surface area (Å²) in [6.07, 6.45) is -8.21. The molecule has 2 heterocycles. The maximum Gasteiger partial charge on any atom is 0.214 e. The lowest BCUT2D eigenvalue weighted by molar-refractivity contribution is -0.357. The molecule has 2 rings (SSSR count). The zero-order chi connectivity index (χ0) is 18.1. The van der Waals surface area contributed by atoms with E-state index < -0.39 is 60.7 Å². The van der Waals surface area contributed by atoms with Gasteiger partial charge in [-0.1, -0.05) is 0 Å². The summed E-state index contributed by atoms with van der Waals surface area (Å²) in [6.45, 7) is -0.500. The summed E-state index contributed by atoms with van der Waals surface area (Å²) in [4.78, 5) is 0. The van der Waals surface area contributed by atoms with Crippen molar-refractivity contribution in [3.05, 3.63) is 0 Å². The molecule has 0 aromatic carbocycles. The molecule has 0 saturated carbocycles. The monoisotopic (exact) mass is 410 g/mol. The molecule has 2 fully saturated rings. The summed E-state index contributed by atoms with van der Waals surface area (Å²) in [5.41, 5.74) is 0. The lowest BCUT2D eigenvalue weighted by Gasteiger charge is -2.43. The van der Waals surface area contributed by atoms with Crippen LogP contribution in [-0.2, 0) is 18.9 Å². The molecular formula is C13H21Cl3O8. The molecule has 0 aromatic heterocycles. The van der Waals surface area contributed by atoms with Gasteiger partial charge in [0, 0.05) is 7.11 Å². The van der Waals surface area contributed by atoms with Gasteiger partial charge in [-0.05, 0) is 0 Å². The highest BCUT2D eigenvalue weighted by Gasteiger charge is 2.58. The van der Waals surface area contributed by atoms with Crippen molar-refractivity contribution in [1.29, 1.82) is 0 Å². The Morgan fingerprint density at radius 1 is 1.12 bits per heavy atom. The van der Waals surface area contributed by atoms with Crippen LogP contribution in [0.25, 0.3) is 0 Å². The van der Waals surface area contributed by atoms with E-state index in [1.54, 1.807) is 0 Å². The molecule has 0 aliphatic carbocycles. The molecular weight excluding hydrogens is 390 g/mol. The second-order valence-electron chi connectivity index (χ2n) is 5.67. The minimum absolute atomic E-state index is 0.0112. The van der Waals surface area contributed by atoms with Gasteiger partial charge in [0.2, 0.25) is 5.79 Å². The molecule has 11 heteroatoms. The first kappa shape index (κ1) is 20.9. The van der Waals surface area contributed by atoms with Crippen LogP contribution in [0, 0.1) is 0 Å². The van der Waals surface area contributed by atoms with Gasteiger partial charge in [0.25, 0.3) is 0 Å². The number of ether oxygens (including phenoxy) is 4. The molecule has 2 aliphatic heterocycles. The van der Waals surface area contributed by atoms with E-state index in [1.807, 2.05) is 0 Å². The lowest BCUT2D eigenvalue weighted by atomic mass is 10.0. The Bertz CT molecular complexity index is 417. The first-order valence-corrected chi connectivity index (χ1v) is 8.80.